The number of ether oxygens (including phenoxy) is 1. The number of aromatic carboxylic acids is 1. The third kappa shape index (κ3) is 7.01. The molecule has 0 fully saturated rings. The summed E-state index contributed by atoms with van der Waals surface area (Å²) in [6.07, 6.45) is 2.56. The smallest absolute Gasteiger partial charge is 0.339 e. The molecule has 0 saturated carbocycles. The summed E-state index contributed by atoms with van der Waals surface area (Å²) in [6.45, 7) is 0.175. The maximum atomic E-state index is 11.8. The average molecular weight is 371 g/mol. The Bertz CT molecular complexity index is 823. The molecule has 25 heavy (non-hydrogen) atoms. The zero-order valence-corrected chi connectivity index (χ0v) is 14.0. The van der Waals surface area contributed by atoms with Crippen molar-refractivity contribution in [1.82, 2.24) is 5.32 Å². The molecule has 1 aromatic carbocycles. The molecule has 1 aliphatic heterocycles. The molecule has 1 amide bonds. The van der Waals surface area contributed by atoms with Crippen LogP contribution in [-0.4, -0.2) is 48.8 Å². The lowest BCUT2D eigenvalue weighted by molar-refractivity contribution is -0.116. The zero-order chi connectivity index (χ0) is 19.2. The van der Waals surface area contributed by atoms with Gasteiger partial charge in [0.2, 0.25) is 0 Å². The molecule has 10 nitrogen and oxygen atoms in total. The van der Waals surface area contributed by atoms with E-state index in [9.17, 15) is 18.0 Å². The molecule has 0 radical (unpaired) electrons. The van der Waals surface area contributed by atoms with E-state index in [-0.39, 0.29) is 17.9 Å². The molecule has 0 spiro atoms. The minimum Gasteiger partial charge on any atom is -0.492 e. The fourth-order valence-electron chi connectivity index (χ4n) is 1.90. The largest absolute Gasteiger partial charge is 0.492 e. The van der Waals surface area contributed by atoms with Gasteiger partial charge in [0.25, 0.3) is 16.0 Å². The van der Waals surface area contributed by atoms with Crippen LogP contribution in [0.5, 0.6) is 5.75 Å². The van der Waals surface area contributed by atoms with Gasteiger partial charge in [0.05, 0.1) is 12.9 Å². The predicted molar refractivity (Wildman–Crippen MR) is 89.0 cm³/mol. The summed E-state index contributed by atoms with van der Waals surface area (Å²) in [5.74, 6) is -1.78. The van der Waals surface area contributed by atoms with Crippen LogP contribution in [0.1, 0.15) is 22.3 Å². The second-order valence-corrected chi connectivity index (χ2v) is 6.36. The monoisotopic (exact) mass is 371 g/mol. The number of benzene rings is 1. The standard InChI is InChI=1S/C13H13N3O4.CH4O3S/c14-13(15)16-11(17)8-4-5-20-10-7(6-8)2-1-3-9(10)12(18)19;1-5(2,3)4/h1-3,6H,4-5H2,(H,18,19)(H4,14,15,16,17);1H3,(H,2,3,4). The molecular weight excluding hydrogens is 354 g/mol. The Hall–Kier alpha value is -2.92. The summed E-state index contributed by atoms with van der Waals surface area (Å²) in [5, 5.41) is 18.3. The first-order chi connectivity index (χ1) is 11.5. The first-order valence-electron chi connectivity index (χ1n) is 6.76. The van der Waals surface area contributed by atoms with Gasteiger partial charge in [-0.3, -0.25) is 20.1 Å². The highest BCUT2D eigenvalue weighted by Crippen LogP contribution is 2.29. The van der Waals surface area contributed by atoms with E-state index in [1.54, 1.807) is 18.2 Å². The number of nitrogens with two attached hydrogens (primary N) is 1. The number of nitrogens with one attached hydrogen (secondary N) is 2. The number of rotatable bonds is 2. The highest BCUT2D eigenvalue weighted by molar-refractivity contribution is 7.85. The molecule has 1 heterocycles. The third-order valence-electron chi connectivity index (χ3n) is 2.76. The number of amides is 1. The summed E-state index contributed by atoms with van der Waals surface area (Å²) >= 11 is 0. The van der Waals surface area contributed by atoms with Crippen LogP contribution in [0.15, 0.2) is 23.8 Å². The van der Waals surface area contributed by atoms with Crippen molar-refractivity contribution in [3.05, 3.63) is 34.9 Å². The first kappa shape index (κ1) is 20.1. The Kier molecular flexibility index (Phi) is 6.65. The Morgan fingerprint density at radius 1 is 1.36 bits per heavy atom. The van der Waals surface area contributed by atoms with E-state index < -0.39 is 28.0 Å². The van der Waals surface area contributed by atoms with Crippen LogP contribution < -0.4 is 15.8 Å². The van der Waals surface area contributed by atoms with Crippen molar-refractivity contribution < 1.29 is 32.4 Å². The Morgan fingerprint density at radius 3 is 2.48 bits per heavy atom. The van der Waals surface area contributed by atoms with Crippen molar-refractivity contribution in [2.45, 2.75) is 6.42 Å². The number of hydrogen-bond acceptors (Lipinski definition) is 6. The van der Waals surface area contributed by atoms with Gasteiger partial charge >= 0.3 is 5.97 Å². The molecule has 0 aliphatic carbocycles. The van der Waals surface area contributed by atoms with Crippen LogP contribution in [0.2, 0.25) is 0 Å². The highest BCUT2D eigenvalue weighted by atomic mass is 32.2. The van der Waals surface area contributed by atoms with Gasteiger partial charge in [-0.05, 0) is 12.1 Å². The van der Waals surface area contributed by atoms with E-state index in [0.717, 1.165) is 0 Å². The van der Waals surface area contributed by atoms with Crippen molar-refractivity contribution >= 4 is 34.0 Å². The van der Waals surface area contributed by atoms with Crippen LogP contribution in [0.3, 0.4) is 0 Å². The van der Waals surface area contributed by atoms with Gasteiger partial charge in [-0.1, -0.05) is 12.1 Å². The van der Waals surface area contributed by atoms with Crippen LogP contribution in [0, 0.1) is 5.41 Å². The molecule has 1 aromatic rings. The van der Waals surface area contributed by atoms with Gasteiger partial charge in [-0.2, -0.15) is 8.42 Å². The van der Waals surface area contributed by atoms with Crippen molar-refractivity contribution in [1.29, 1.82) is 5.41 Å². The SMILES string of the molecule is CS(=O)(=O)O.N=C(N)NC(=O)C1=Cc2cccc(C(=O)O)c2OCC1. The van der Waals surface area contributed by atoms with Crippen molar-refractivity contribution in [2.75, 3.05) is 12.9 Å². The van der Waals surface area contributed by atoms with Gasteiger partial charge in [-0.15, -0.1) is 0 Å². The average Bonchev–Trinajstić information content (AvgIpc) is 2.66. The fourth-order valence-corrected chi connectivity index (χ4v) is 1.90. The number of carbonyl (C=O) groups excluding carboxylic acids is 1. The highest BCUT2D eigenvalue weighted by Gasteiger charge is 2.20. The summed E-state index contributed by atoms with van der Waals surface area (Å²) in [5.41, 5.74) is 6.05. The molecule has 136 valence electrons. The molecule has 6 N–H and O–H groups in total. The normalized spacial score (nSPS) is 13.0. The summed E-state index contributed by atoms with van der Waals surface area (Å²) in [6, 6.07) is 4.68. The number of carboxylic acid groups (broad SMARTS) is 1. The number of carboxylic acids is 1. The van der Waals surface area contributed by atoms with E-state index in [4.69, 9.17) is 25.5 Å². The van der Waals surface area contributed by atoms with Crippen LogP contribution in [0.4, 0.5) is 0 Å². The quantitative estimate of drug-likeness (QED) is 0.275. The van der Waals surface area contributed by atoms with Crippen LogP contribution in [-0.2, 0) is 14.9 Å². The van der Waals surface area contributed by atoms with Crippen LogP contribution >= 0.6 is 0 Å². The van der Waals surface area contributed by atoms with Crippen LogP contribution in [0.25, 0.3) is 6.08 Å². The van der Waals surface area contributed by atoms with E-state index >= 15 is 0 Å². The Balaban J connectivity index is 0.000000550. The lowest BCUT2D eigenvalue weighted by Crippen LogP contribution is -2.36. The Morgan fingerprint density at radius 2 is 1.96 bits per heavy atom. The molecule has 0 bridgehead atoms. The van der Waals surface area contributed by atoms with E-state index in [0.29, 0.717) is 23.8 Å². The van der Waals surface area contributed by atoms with Crippen molar-refractivity contribution in [3.8, 4) is 5.75 Å². The maximum Gasteiger partial charge on any atom is 0.339 e. The van der Waals surface area contributed by atoms with E-state index in [1.807, 2.05) is 0 Å². The van der Waals surface area contributed by atoms with E-state index in [1.165, 1.54) is 6.07 Å². The van der Waals surface area contributed by atoms with Crippen molar-refractivity contribution in [2.24, 2.45) is 5.73 Å². The second-order valence-electron chi connectivity index (χ2n) is 4.90. The Labute approximate surface area is 143 Å². The lowest BCUT2D eigenvalue weighted by Gasteiger charge is -2.08. The third-order valence-corrected chi connectivity index (χ3v) is 2.76. The van der Waals surface area contributed by atoms with Gasteiger partial charge in [0.1, 0.15) is 11.3 Å². The zero-order valence-electron chi connectivity index (χ0n) is 13.1. The van der Waals surface area contributed by atoms with Gasteiger partial charge in [0.15, 0.2) is 5.96 Å². The molecule has 2 rings (SSSR count). The molecule has 11 heteroatoms. The molecule has 0 aromatic heterocycles. The molecule has 0 saturated heterocycles. The van der Waals surface area contributed by atoms with Gasteiger partial charge < -0.3 is 15.6 Å². The summed E-state index contributed by atoms with van der Waals surface area (Å²) in [7, 11) is -3.67. The number of fused-ring (bicyclic) bond motifs is 1. The number of para-hydroxylation sites is 1. The van der Waals surface area contributed by atoms with Gasteiger partial charge in [-0.25, -0.2) is 4.79 Å². The number of carbonyl (C=O) groups is 2. The minimum absolute atomic E-state index is 0.0481. The fraction of sp³-hybridized carbons (Fsp3) is 0.214. The topological polar surface area (TPSA) is 180 Å². The first-order valence-corrected chi connectivity index (χ1v) is 8.61. The van der Waals surface area contributed by atoms with Crippen molar-refractivity contribution in [3.63, 3.8) is 0 Å². The molecule has 0 atom stereocenters. The van der Waals surface area contributed by atoms with E-state index in [2.05, 4.69) is 5.32 Å². The number of guanidine groups is 1. The minimum atomic E-state index is -3.67. The number of hydrogen-bond donors (Lipinski definition) is 5. The molecular formula is C14H17N3O7S. The lowest BCUT2D eigenvalue weighted by atomic mass is 10.1. The van der Waals surface area contributed by atoms with Gasteiger partial charge in [0, 0.05) is 17.6 Å². The maximum absolute atomic E-state index is 11.8. The molecule has 1 aliphatic rings. The summed E-state index contributed by atoms with van der Waals surface area (Å²) < 4.78 is 31.3. The molecule has 0 unspecified atom stereocenters. The predicted octanol–water partition coefficient (Wildman–Crippen LogP) is 0.0644. The summed E-state index contributed by atoms with van der Waals surface area (Å²) in [4.78, 5) is 22.9. The second kappa shape index (κ2) is 8.26.